The normalized spacial score (nSPS) is 11.7. The lowest BCUT2D eigenvalue weighted by atomic mass is 10.0. The highest BCUT2D eigenvalue weighted by molar-refractivity contribution is 8.00. The Morgan fingerprint density at radius 1 is 0.761 bits per heavy atom. The molecule has 5 aromatic rings. The van der Waals surface area contributed by atoms with E-state index in [1.807, 2.05) is 73.7 Å². The first-order chi connectivity index (χ1) is 22.5. The van der Waals surface area contributed by atoms with Crippen LogP contribution in [-0.4, -0.2) is 30.0 Å². The van der Waals surface area contributed by atoms with Gasteiger partial charge in [-0.05, 0) is 102 Å². The highest BCUT2D eigenvalue weighted by atomic mass is 32.2. The van der Waals surface area contributed by atoms with Crippen molar-refractivity contribution in [3.05, 3.63) is 155 Å². The van der Waals surface area contributed by atoms with Crippen LogP contribution in [0.1, 0.15) is 44.3 Å². The zero-order valence-corrected chi connectivity index (χ0v) is 26.1. The maximum atomic E-state index is 13.4. The number of anilines is 1. The quantitative estimate of drug-likeness (QED) is 0.0866. The molecular weight excluding hydrogens is 593 g/mol. The van der Waals surface area contributed by atoms with Crippen LogP contribution in [-0.2, 0) is 11.2 Å². The van der Waals surface area contributed by atoms with E-state index in [1.165, 1.54) is 34.0 Å². The van der Waals surface area contributed by atoms with Gasteiger partial charge in [-0.2, -0.15) is 0 Å². The maximum absolute atomic E-state index is 13.4. The van der Waals surface area contributed by atoms with Crippen molar-refractivity contribution in [1.82, 2.24) is 5.32 Å². The lowest BCUT2D eigenvalue weighted by Crippen LogP contribution is -2.30. The highest BCUT2D eigenvalue weighted by Crippen LogP contribution is 2.37. The molecule has 0 unspecified atom stereocenters. The minimum Gasteiger partial charge on any atom is -0.494 e. The van der Waals surface area contributed by atoms with Gasteiger partial charge >= 0.3 is 0 Å². The monoisotopic (exact) mass is 624 g/mol. The molecule has 7 heteroatoms. The van der Waals surface area contributed by atoms with Crippen molar-refractivity contribution in [2.75, 3.05) is 17.7 Å². The summed E-state index contributed by atoms with van der Waals surface area (Å²) >= 11 is 1.45. The molecule has 0 aliphatic heterocycles. The second-order valence-corrected chi connectivity index (χ2v) is 11.8. The van der Waals surface area contributed by atoms with Crippen molar-refractivity contribution in [3.8, 4) is 16.9 Å². The molecule has 1 aliphatic carbocycles. The van der Waals surface area contributed by atoms with Crippen molar-refractivity contribution >= 4 is 41.1 Å². The topological polar surface area (TPSA) is 84.5 Å². The Morgan fingerprint density at radius 2 is 1.48 bits per heavy atom. The van der Waals surface area contributed by atoms with E-state index in [0.717, 1.165) is 22.6 Å². The summed E-state index contributed by atoms with van der Waals surface area (Å²) in [5.74, 6) is 0.235. The average molecular weight is 625 g/mol. The molecule has 0 saturated heterocycles. The maximum Gasteiger partial charge on any atom is 0.272 e. The Morgan fingerprint density at radius 3 is 2.24 bits per heavy atom. The zero-order chi connectivity index (χ0) is 31.9. The number of hydrogen-bond acceptors (Lipinski definition) is 5. The number of fused-ring (bicyclic) bond motifs is 3. The van der Waals surface area contributed by atoms with E-state index in [9.17, 15) is 14.4 Å². The predicted molar refractivity (Wildman–Crippen MR) is 184 cm³/mol. The number of thioether (sulfide) groups is 1. The molecule has 6 nitrogen and oxygen atoms in total. The smallest absolute Gasteiger partial charge is 0.272 e. The largest absolute Gasteiger partial charge is 0.494 e. The summed E-state index contributed by atoms with van der Waals surface area (Å²) in [7, 11) is 0. The van der Waals surface area contributed by atoms with E-state index in [1.54, 1.807) is 42.5 Å². The first-order valence-corrected chi connectivity index (χ1v) is 16.0. The van der Waals surface area contributed by atoms with Crippen LogP contribution in [0.15, 0.2) is 132 Å². The fraction of sp³-hybridized carbons (Fsp3) is 0.103. The van der Waals surface area contributed by atoms with E-state index >= 15 is 0 Å². The second-order valence-electron chi connectivity index (χ2n) is 10.8. The molecule has 0 atom stereocenters. The number of carbonyl (C=O) groups excluding carboxylic acids is 3. The number of nitrogens with one attached hydrogen (secondary N) is 2. The molecule has 6 rings (SSSR count). The van der Waals surface area contributed by atoms with Crippen LogP contribution < -0.4 is 15.4 Å². The SMILES string of the molecule is CCOc1ccc(/C=C(\NC(=O)c2ccccc2)C(=O)Nc2ccc(SCC(=O)c3ccc4c(c3)Cc3ccccc3-4)cc2)cc1. The molecule has 0 aromatic heterocycles. The number of rotatable bonds is 11. The van der Waals surface area contributed by atoms with Gasteiger partial charge in [0, 0.05) is 21.7 Å². The number of Topliss-reactive ketones (excluding diaryl/α,β-unsaturated/α-hetero) is 1. The van der Waals surface area contributed by atoms with Crippen LogP contribution in [0.5, 0.6) is 5.75 Å². The summed E-state index contributed by atoms with van der Waals surface area (Å²) < 4.78 is 5.51. The third kappa shape index (κ3) is 7.28. The second kappa shape index (κ2) is 14.1. The molecule has 46 heavy (non-hydrogen) atoms. The molecule has 0 bridgehead atoms. The Labute approximate surface area is 272 Å². The zero-order valence-electron chi connectivity index (χ0n) is 25.3. The molecule has 2 amide bonds. The van der Waals surface area contributed by atoms with Gasteiger partial charge in [0.25, 0.3) is 11.8 Å². The van der Waals surface area contributed by atoms with Crippen LogP contribution >= 0.6 is 11.8 Å². The molecule has 1 aliphatic rings. The van der Waals surface area contributed by atoms with Gasteiger partial charge in [0.1, 0.15) is 11.4 Å². The van der Waals surface area contributed by atoms with Gasteiger partial charge in [0.15, 0.2) is 5.78 Å². The molecule has 0 radical (unpaired) electrons. The molecular formula is C39H32N2O4S. The molecule has 0 heterocycles. The fourth-order valence-corrected chi connectivity index (χ4v) is 6.11. The number of amides is 2. The van der Waals surface area contributed by atoms with E-state index in [-0.39, 0.29) is 11.5 Å². The summed E-state index contributed by atoms with van der Waals surface area (Å²) in [6.07, 6.45) is 2.47. The minimum atomic E-state index is -0.465. The number of carbonyl (C=O) groups is 3. The van der Waals surface area contributed by atoms with Gasteiger partial charge in [0.05, 0.1) is 12.4 Å². The predicted octanol–water partition coefficient (Wildman–Crippen LogP) is 8.04. The Balaban J connectivity index is 1.10. The van der Waals surface area contributed by atoms with Crippen LogP contribution in [0.4, 0.5) is 5.69 Å². The van der Waals surface area contributed by atoms with Crippen molar-refractivity contribution in [2.24, 2.45) is 0 Å². The lowest BCUT2D eigenvalue weighted by Gasteiger charge is -2.12. The molecule has 2 N–H and O–H groups in total. The molecule has 0 spiro atoms. The number of benzene rings is 5. The summed E-state index contributed by atoms with van der Waals surface area (Å²) in [5.41, 5.74) is 7.47. The van der Waals surface area contributed by atoms with E-state index in [0.29, 0.717) is 29.2 Å². The summed E-state index contributed by atoms with van der Waals surface area (Å²) in [4.78, 5) is 40.3. The average Bonchev–Trinajstić information content (AvgIpc) is 3.47. The highest BCUT2D eigenvalue weighted by Gasteiger charge is 2.20. The minimum absolute atomic E-state index is 0.0689. The fourth-order valence-electron chi connectivity index (χ4n) is 5.32. The van der Waals surface area contributed by atoms with Gasteiger partial charge in [-0.3, -0.25) is 14.4 Å². The molecule has 5 aromatic carbocycles. The van der Waals surface area contributed by atoms with Crippen LogP contribution in [0.2, 0.25) is 0 Å². The summed E-state index contributed by atoms with van der Waals surface area (Å²) in [6, 6.07) is 37.6. The van der Waals surface area contributed by atoms with Crippen LogP contribution in [0.3, 0.4) is 0 Å². The molecule has 0 fully saturated rings. The van der Waals surface area contributed by atoms with Gasteiger partial charge in [-0.25, -0.2) is 0 Å². The van der Waals surface area contributed by atoms with Gasteiger partial charge in [-0.15, -0.1) is 11.8 Å². The van der Waals surface area contributed by atoms with Gasteiger partial charge in [0.2, 0.25) is 0 Å². The van der Waals surface area contributed by atoms with Gasteiger partial charge in [-0.1, -0.05) is 66.7 Å². The Hall–Kier alpha value is -5.40. The van der Waals surface area contributed by atoms with E-state index < -0.39 is 11.8 Å². The third-order valence-electron chi connectivity index (χ3n) is 7.63. The third-order valence-corrected chi connectivity index (χ3v) is 8.64. The van der Waals surface area contributed by atoms with Gasteiger partial charge < -0.3 is 15.4 Å². The van der Waals surface area contributed by atoms with Crippen LogP contribution in [0.25, 0.3) is 17.2 Å². The number of hydrogen-bond donors (Lipinski definition) is 2. The summed E-state index contributed by atoms with van der Waals surface area (Å²) in [6.45, 7) is 2.46. The van der Waals surface area contributed by atoms with Crippen molar-refractivity contribution in [3.63, 3.8) is 0 Å². The molecule has 0 saturated carbocycles. The standard InChI is InChI=1S/C39H32N2O4S/c1-2-45-32-17-12-26(13-18-32)22-36(41-38(43)27-8-4-3-5-9-27)39(44)40-31-15-19-33(20-16-31)46-25-37(42)29-14-21-35-30(24-29)23-28-10-6-7-11-34(28)35/h3-22,24H,2,23,25H2,1H3,(H,40,44)(H,41,43)/b36-22-. The van der Waals surface area contributed by atoms with Crippen molar-refractivity contribution < 1.29 is 19.1 Å². The van der Waals surface area contributed by atoms with Crippen molar-refractivity contribution in [1.29, 1.82) is 0 Å². The van der Waals surface area contributed by atoms with Crippen LogP contribution in [0, 0.1) is 0 Å². The summed E-state index contributed by atoms with van der Waals surface area (Å²) in [5, 5.41) is 5.64. The van der Waals surface area contributed by atoms with E-state index in [4.69, 9.17) is 4.74 Å². The van der Waals surface area contributed by atoms with E-state index in [2.05, 4.69) is 28.8 Å². The molecule has 228 valence electrons. The first-order valence-electron chi connectivity index (χ1n) is 15.1. The van der Waals surface area contributed by atoms with Crippen molar-refractivity contribution in [2.45, 2.75) is 18.2 Å². The Kier molecular flexibility index (Phi) is 9.41. The lowest BCUT2D eigenvalue weighted by molar-refractivity contribution is -0.113. The number of ketones is 1. The first kappa shape index (κ1) is 30.6. The Bertz CT molecular complexity index is 1920. The number of ether oxygens (including phenoxy) is 1.